The van der Waals surface area contributed by atoms with Gasteiger partial charge in [0.05, 0.1) is 18.5 Å². The lowest BCUT2D eigenvalue weighted by atomic mass is 9.94. The number of amides is 2. The summed E-state index contributed by atoms with van der Waals surface area (Å²) in [7, 11) is 0. The second kappa shape index (κ2) is 13.2. The Hall–Kier alpha value is -4.62. The Morgan fingerprint density at radius 1 is 1.09 bits per heavy atom. The molecule has 4 aromatic rings. The van der Waals surface area contributed by atoms with E-state index in [0.717, 1.165) is 22.5 Å². The van der Waals surface area contributed by atoms with E-state index in [1.807, 2.05) is 33.3 Å². The number of piperazine rings is 1. The van der Waals surface area contributed by atoms with Crippen LogP contribution in [0.1, 0.15) is 28.8 Å². The van der Waals surface area contributed by atoms with Gasteiger partial charge in [0.25, 0.3) is 5.91 Å². The smallest absolute Gasteiger partial charge is 0.387 e. The molecule has 3 N–H and O–H groups in total. The van der Waals surface area contributed by atoms with Crippen molar-refractivity contribution in [3.63, 3.8) is 0 Å². The minimum Gasteiger partial charge on any atom is -0.435 e. The number of aliphatic hydroxyl groups is 1. The van der Waals surface area contributed by atoms with Crippen molar-refractivity contribution in [2.75, 3.05) is 44.6 Å². The largest absolute Gasteiger partial charge is 0.435 e. The van der Waals surface area contributed by atoms with E-state index < -0.39 is 6.61 Å². The molecule has 2 aliphatic rings. The predicted octanol–water partition coefficient (Wildman–Crippen LogP) is 3.69. The molecule has 0 bridgehead atoms. The lowest BCUT2D eigenvalue weighted by Crippen LogP contribution is -2.56. The van der Waals surface area contributed by atoms with Crippen molar-refractivity contribution in [1.29, 1.82) is 0 Å². The molecule has 0 aliphatic carbocycles. The van der Waals surface area contributed by atoms with Gasteiger partial charge in [-0.3, -0.25) is 14.0 Å². The summed E-state index contributed by atoms with van der Waals surface area (Å²) < 4.78 is 31.3. The van der Waals surface area contributed by atoms with Crippen LogP contribution in [0.3, 0.4) is 0 Å². The third kappa shape index (κ3) is 6.59. The maximum atomic E-state index is 13.4. The van der Waals surface area contributed by atoms with E-state index in [9.17, 15) is 23.5 Å². The highest BCUT2D eigenvalue weighted by Crippen LogP contribution is 2.29. The minimum absolute atomic E-state index is 0.00115. The lowest BCUT2D eigenvalue weighted by Gasteiger charge is -2.38. The van der Waals surface area contributed by atoms with Crippen molar-refractivity contribution in [3.8, 4) is 17.0 Å². The number of benzene rings is 2. The number of carbonyl (C=O) groups is 2. The van der Waals surface area contributed by atoms with Gasteiger partial charge >= 0.3 is 6.61 Å². The van der Waals surface area contributed by atoms with Crippen LogP contribution in [0, 0.1) is 12.8 Å². The van der Waals surface area contributed by atoms with Crippen LogP contribution in [0.2, 0.25) is 0 Å². The van der Waals surface area contributed by atoms with Crippen LogP contribution < -0.4 is 15.4 Å². The van der Waals surface area contributed by atoms with Gasteiger partial charge in [-0.15, -0.1) is 0 Å². The lowest BCUT2D eigenvalue weighted by molar-refractivity contribution is -0.138. The predicted molar refractivity (Wildman–Crippen MR) is 164 cm³/mol. The number of likely N-dealkylation sites (tertiary alicyclic amines) is 1. The Kier molecular flexibility index (Phi) is 8.90. The third-order valence-electron chi connectivity index (χ3n) is 8.44. The van der Waals surface area contributed by atoms with E-state index in [0.29, 0.717) is 62.6 Å². The summed E-state index contributed by atoms with van der Waals surface area (Å²) in [5.41, 5.74) is 4.25. The monoisotopic (exact) mass is 619 g/mol. The molecular formula is C32H35F2N7O4. The van der Waals surface area contributed by atoms with Gasteiger partial charge in [-0.25, -0.2) is 9.97 Å². The third-order valence-corrected chi connectivity index (χ3v) is 8.44. The number of ether oxygens (including phenoxy) is 1. The first-order chi connectivity index (χ1) is 21.8. The molecule has 0 saturated carbocycles. The summed E-state index contributed by atoms with van der Waals surface area (Å²) >= 11 is 0. The van der Waals surface area contributed by atoms with Crippen LogP contribution in [0.15, 0.2) is 61.1 Å². The number of piperidine rings is 1. The van der Waals surface area contributed by atoms with Gasteiger partial charge in [0.1, 0.15) is 5.75 Å². The maximum absolute atomic E-state index is 13.4. The van der Waals surface area contributed by atoms with Crippen LogP contribution in [0.25, 0.3) is 16.9 Å². The average molecular weight is 620 g/mol. The SMILES string of the molecule is Cc1cc(Nc2nccn3c(-c4ccc(OC(F)F)cc4)cnc23)ccc1C(=O)N1CCC(C(=O)N2CCNC(CO)C2)CC1. The Morgan fingerprint density at radius 3 is 2.58 bits per heavy atom. The number of aryl methyl sites for hydroxylation is 1. The fourth-order valence-electron chi connectivity index (χ4n) is 6.05. The zero-order valence-corrected chi connectivity index (χ0v) is 24.8. The molecule has 45 heavy (non-hydrogen) atoms. The summed E-state index contributed by atoms with van der Waals surface area (Å²) in [4.78, 5) is 39.1. The molecule has 2 fully saturated rings. The molecule has 1 unspecified atom stereocenters. The van der Waals surface area contributed by atoms with Crippen molar-refractivity contribution in [2.24, 2.45) is 5.92 Å². The number of aromatic nitrogens is 3. The Morgan fingerprint density at radius 2 is 1.87 bits per heavy atom. The number of alkyl halides is 2. The number of fused-ring (bicyclic) bond motifs is 1. The van der Waals surface area contributed by atoms with Crippen LogP contribution >= 0.6 is 0 Å². The molecule has 236 valence electrons. The Balaban J connectivity index is 1.10. The number of rotatable bonds is 8. The van der Waals surface area contributed by atoms with E-state index in [1.54, 1.807) is 36.8 Å². The van der Waals surface area contributed by atoms with Gasteiger partial charge in [0.2, 0.25) is 5.91 Å². The molecular weight excluding hydrogens is 584 g/mol. The topological polar surface area (TPSA) is 124 Å². The fraction of sp³-hybridized carbons (Fsp3) is 0.375. The summed E-state index contributed by atoms with van der Waals surface area (Å²) in [6.07, 6.45) is 6.33. The van der Waals surface area contributed by atoms with Crippen LogP contribution in [0.4, 0.5) is 20.3 Å². The standard InChI is InChI=1S/C32H35F2N7O4/c1-20-16-23(38-28-29-37-17-27(41(29)15-11-36-28)21-2-5-25(6-3-21)45-32(33)34)4-7-26(20)31(44)39-12-8-22(9-13-39)30(43)40-14-10-35-24(18-40)19-42/h2-7,11,15-17,22,24,32,35,42H,8-10,12-14,18-19H2,1H3,(H,36,38). The molecule has 6 rings (SSSR count). The molecule has 2 amide bonds. The van der Waals surface area contributed by atoms with Crippen LogP contribution in [0.5, 0.6) is 5.75 Å². The normalized spacial score (nSPS) is 17.6. The first kappa shape index (κ1) is 30.4. The number of imidazole rings is 1. The highest BCUT2D eigenvalue weighted by atomic mass is 19.3. The van der Waals surface area contributed by atoms with Crippen LogP contribution in [-0.2, 0) is 4.79 Å². The second-order valence-corrected chi connectivity index (χ2v) is 11.4. The summed E-state index contributed by atoms with van der Waals surface area (Å²) in [6.45, 7) is 1.84. The van der Waals surface area contributed by atoms with Gasteiger partial charge < -0.3 is 30.3 Å². The molecule has 13 heteroatoms. The fourth-order valence-corrected chi connectivity index (χ4v) is 6.05. The first-order valence-corrected chi connectivity index (χ1v) is 15.0. The number of nitrogens with one attached hydrogen (secondary N) is 2. The number of anilines is 2. The average Bonchev–Trinajstić information content (AvgIpc) is 3.50. The maximum Gasteiger partial charge on any atom is 0.387 e. The number of halogens is 2. The van der Waals surface area contributed by atoms with E-state index in [4.69, 9.17) is 0 Å². The van der Waals surface area contributed by atoms with E-state index >= 15 is 0 Å². The quantitative estimate of drug-likeness (QED) is 0.273. The zero-order chi connectivity index (χ0) is 31.5. The van der Waals surface area contributed by atoms with Crippen molar-refractivity contribution in [1.82, 2.24) is 29.5 Å². The van der Waals surface area contributed by atoms with Crippen LogP contribution in [-0.4, -0.2) is 93.1 Å². The van der Waals surface area contributed by atoms with Gasteiger partial charge in [-0.2, -0.15) is 8.78 Å². The van der Waals surface area contributed by atoms with Crippen molar-refractivity contribution in [3.05, 3.63) is 72.2 Å². The summed E-state index contributed by atoms with van der Waals surface area (Å²) in [6, 6.07) is 11.8. The zero-order valence-electron chi connectivity index (χ0n) is 24.8. The minimum atomic E-state index is -2.89. The first-order valence-electron chi connectivity index (χ1n) is 15.0. The van der Waals surface area contributed by atoms with E-state index in [2.05, 4.69) is 25.3 Å². The number of aliphatic hydroxyl groups excluding tert-OH is 1. The number of hydrogen-bond acceptors (Lipinski definition) is 8. The Bertz CT molecular complexity index is 1670. The number of nitrogens with zero attached hydrogens (tertiary/aromatic N) is 5. The van der Waals surface area contributed by atoms with Crippen molar-refractivity contribution >= 4 is 29.0 Å². The molecule has 1 atom stereocenters. The summed E-state index contributed by atoms with van der Waals surface area (Å²) in [5.74, 6) is 0.527. The molecule has 2 aromatic carbocycles. The molecule has 2 aromatic heterocycles. The molecule has 11 nitrogen and oxygen atoms in total. The molecule has 2 saturated heterocycles. The number of hydrogen-bond donors (Lipinski definition) is 3. The van der Waals surface area contributed by atoms with Gasteiger partial charge in [0, 0.05) is 73.9 Å². The highest BCUT2D eigenvalue weighted by Gasteiger charge is 2.32. The molecule has 2 aliphatic heterocycles. The van der Waals surface area contributed by atoms with Gasteiger partial charge in [0.15, 0.2) is 11.5 Å². The van der Waals surface area contributed by atoms with Gasteiger partial charge in [-0.1, -0.05) is 0 Å². The summed E-state index contributed by atoms with van der Waals surface area (Å²) in [5, 5.41) is 16.0. The highest BCUT2D eigenvalue weighted by molar-refractivity contribution is 5.96. The van der Waals surface area contributed by atoms with Gasteiger partial charge in [-0.05, 0) is 67.8 Å². The Labute approximate surface area is 258 Å². The van der Waals surface area contributed by atoms with E-state index in [1.165, 1.54) is 12.1 Å². The van der Waals surface area contributed by atoms with Crippen molar-refractivity contribution in [2.45, 2.75) is 32.4 Å². The molecule has 4 heterocycles. The number of carbonyl (C=O) groups excluding carboxylic acids is 2. The van der Waals surface area contributed by atoms with Crippen molar-refractivity contribution < 1.29 is 28.2 Å². The molecule has 0 radical (unpaired) electrons. The van der Waals surface area contributed by atoms with E-state index in [-0.39, 0.29) is 36.1 Å². The second-order valence-electron chi connectivity index (χ2n) is 11.4. The molecule has 0 spiro atoms.